The Morgan fingerprint density at radius 3 is 2.32 bits per heavy atom. The van der Waals surface area contributed by atoms with Crippen LogP contribution in [0.5, 0.6) is 0 Å². The molecule has 0 N–H and O–H groups in total. The van der Waals surface area contributed by atoms with E-state index in [2.05, 4.69) is 35.5 Å². The van der Waals surface area contributed by atoms with E-state index in [9.17, 15) is 0 Å². The molecule has 0 unspecified atom stereocenters. The molecule has 2 rings (SSSR count). The number of aryl methyl sites for hydroxylation is 1. The van der Waals surface area contributed by atoms with Crippen LogP contribution in [0.15, 0.2) is 36.4 Å². The highest BCUT2D eigenvalue weighted by atomic mass is 28.4. The lowest BCUT2D eigenvalue weighted by Crippen LogP contribution is -2.33. The lowest BCUT2D eigenvalue weighted by Gasteiger charge is -2.19. The van der Waals surface area contributed by atoms with Crippen LogP contribution in [-0.4, -0.2) is 25.6 Å². The van der Waals surface area contributed by atoms with Gasteiger partial charge in [-0.2, -0.15) is 0 Å². The molecule has 0 saturated heterocycles. The van der Waals surface area contributed by atoms with Crippen molar-refractivity contribution in [1.82, 2.24) is 10.2 Å². The van der Waals surface area contributed by atoms with E-state index in [1.54, 1.807) is 7.11 Å². The zero-order valence-electron chi connectivity index (χ0n) is 13.7. The van der Waals surface area contributed by atoms with Crippen molar-refractivity contribution >= 4 is 8.32 Å². The smallest absolute Gasteiger partial charge is 0.271 e. The summed E-state index contributed by atoms with van der Waals surface area (Å²) in [6.45, 7) is 6.31. The summed E-state index contributed by atoms with van der Waals surface area (Å²) in [6, 6.07) is 14.1. The van der Waals surface area contributed by atoms with Gasteiger partial charge in [0.15, 0.2) is 0 Å². The number of nitrogens with zero attached hydrogens (tertiary/aromatic N) is 2. The van der Waals surface area contributed by atoms with E-state index in [-0.39, 0.29) is 0 Å². The van der Waals surface area contributed by atoms with E-state index in [1.165, 1.54) is 0 Å². The van der Waals surface area contributed by atoms with Gasteiger partial charge in [0, 0.05) is 12.7 Å². The summed E-state index contributed by atoms with van der Waals surface area (Å²) in [4.78, 5) is 0. The zero-order valence-corrected chi connectivity index (χ0v) is 14.7. The van der Waals surface area contributed by atoms with Crippen molar-refractivity contribution in [2.45, 2.75) is 32.9 Å². The first-order valence-corrected chi connectivity index (χ1v) is 9.94. The van der Waals surface area contributed by atoms with Crippen LogP contribution in [0.1, 0.15) is 25.1 Å². The third kappa shape index (κ3) is 3.62. The van der Waals surface area contributed by atoms with Gasteiger partial charge in [-0.3, -0.25) is 0 Å². The average molecular weight is 310 g/mol. The Labute approximate surface area is 133 Å². The molecule has 22 heavy (non-hydrogen) atoms. The van der Waals surface area contributed by atoms with Crippen LogP contribution in [0.25, 0.3) is 11.3 Å². The summed E-state index contributed by atoms with van der Waals surface area (Å²) < 4.78 is 5.71. The Bertz CT molecular complexity index is 677. The molecule has 0 atom stereocenters. The second-order valence-corrected chi connectivity index (χ2v) is 9.34. The first kappa shape index (κ1) is 16.4. The Kier molecular flexibility index (Phi) is 5.48. The maximum Gasteiger partial charge on any atom is 0.271 e. The van der Waals surface area contributed by atoms with Gasteiger partial charge in [0.2, 0.25) is 0 Å². The molecule has 0 spiro atoms. The lowest BCUT2D eigenvalue weighted by molar-refractivity contribution is 0.406. The highest BCUT2D eigenvalue weighted by molar-refractivity contribution is 6.81. The predicted octanol–water partition coefficient (Wildman–Crippen LogP) is 3.97. The highest BCUT2D eigenvalue weighted by Gasteiger charge is 2.27. The van der Waals surface area contributed by atoms with Crippen LogP contribution in [0.2, 0.25) is 12.1 Å². The van der Waals surface area contributed by atoms with Crippen molar-refractivity contribution in [1.29, 1.82) is 0 Å². The number of hydrogen-bond acceptors (Lipinski definition) is 3. The maximum atomic E-state index is 5.71. The minimum atomic E-state index is -1.93. The van der Waals surface area contributed by atoms with E-state index < -0.39 is 8.32 Å². The average Bonchev–Trinajstić information content (AvgIpc) is 2.58. The normalized spacial score (nSPS) is 10.9. The van der Waals surface area contributed by atoms with Gasteiger partial charge >= 0.3 is 0 Å². The molecule has 1 heterocycles. The van der Waals surface area contributed by atoms with Gasteiger partial charge < -0.3 is 4.43 Å². The molecular weight excluding hydrogens is 288 g/mol. The summed E-state index contributed by atoms with van der Waals surface area (Å²) >= 11 is 0. The first-order chi connectivity index (χ1) is 10.6. The second-order valence-electron chi connectivity index (χ2n) is 5.28. The Hall–Kier alpha value is -1.96. The van der Waals surface area contributed by atoms with E-state index in [4.69, 9.17) is 4.43 Å². The SMILES string of the molecule is CC[Si](C#Cc1nnc(-c2ccccc2)cc1C)(CC)OC. The Morgan fingerprint density at radius 2 is 1.77 bits per heavy atom. The van der Waals surface area contributed by atoms with E-state index in [0.717, 1.165) is 34.6 Å². The second kappa shape index (κ2) is 7.35. The van der Waals surface area contributed by atoms with Gasteiger partial charge in [-0.15, -0.1) is 10.2 Å². The van der Waals surface area contributed by atoms with Crippen LogP contribution in [0.4, 0.5) is 0 Å². The van der Waals surface area contributed by atoms with Crippen LogP contribution in [0, 0.1) is 18.4 Å². The Morgan fingerprint density at radius 1 is 1.09 bits per heavy atom. The van der Waals surface area contributed by atoms with E-state index in [0.29, 0.717) is 0 Å². The molecule has 0 bridgehead atoms. The van der Waals surface area contributed by atoms with Crippen molar-refractivity contribution in [3.8, 4) is 22.7 Å². The largest absolute Gasteiger partial charge is 0.408 e. The van der Waals surface area contributed by atoms with Gasteiger partial charge in [0.1, 0.15) is 5.69 Å². The van der Waals surface area contributed by atoms with Gasteiger partial charge in [-0.25, -0.2) is 0 Å². The molecule has 114 valence electrons. The quantitative estimate of drug-likeness (QED) is 0.633. The fraction of sp³-hybridized carbons (Fsp3) is 0.333. The van der Waals surface area contributed by atoms with Gasteiger partial charge in [-0.05, 0) is 36.6 Å². The number of hydrogen-bond donors (Lipinski definition) is 0. The van der Waals surface area contributed by atoms with Crippen LogP contribution in [0.3, 0.4) is 0 Å². The third-order valence-electron chi connectivity index (χ3n) is 4.00. The fourth-order valence-electron chi connectivity index (χ4n) is 2.30. The van der Waals surface area contributed by atoms with Crippen molar-refractivity contribution in [3.05, 3.63) is 47.7 Å². The Balaban J connectivity index is 2.32. The first-order valence-electron chi connectivity index (χ1n) is 7.62. The summed E-state index contributed by atoms with van der Waals surface area (Å²) in [5, 5.41) is 8.61. The molecule has 0 aliphatic rings. The molecule has 0 radical (unpaired) electrons. The summed E-state index contributed by atoms with van der Waals surface area (Å²) in [5.41, 5.74) is 7.11. The summed E-state index contributed by atoms with van der Waals surface area (Å²) in [5.74, 6) is 3.20. The maximum absolute atomic E-state index is 5.71. The number of aromatic nitrogens is 2. The summed E-state index contributed by atoms with van der Waals surface area (Å²) in [6.07, 6.45) is 0. The lowest BCUT2D eigenvalue weighted by atomic mass is 10.1. The van der Waals surface area contributed by atoms with Gasteiger partial charge in [0.25, 0.3) is 8.32 Å². The number of benzene rings is 1. The molecule has 1 aromatic carbocycles. The standard InChI is InChI=1S/C18H22N2OSi/c1-5-22(6-2,21-4)13-12-17-15(3)14-18(20-19-17)16-10-8-7-9-11-16/h7-11,14H,5-6H2,1-4H3. The highest BCUT2D eigenvalue weighted by Crippen LogP contribution is 2.18. The topological polar surface area (TPSA) is 35.0 Å². The van der Waals surface area contributed by atoms with Gasteiger partial charge in [0.05, 0.1) is 5.69 Å². The van der Waals surface area contributed by atoms with Crippen molar-refractivity contribution < 1.29 is 4.43 Å². The van der Waals surface area contributed by atoms with Crippen molar-refractivity contribution in [2.75, 3.05) is 7.11 Å². The molecule has 2 aromatic rings. The minimum absolute atomic E-state index is 0.746. The van der Waals surface area contributed by atoms with Crippen molar-refractivity contribution in [3.63, 3.8) is 0 Å². The molecule has 0 fully saturated rings. The molecule has 0 aliphatic heterocycles. The molecule has 4 heteroatoms. The zero-order chi connectivity index (χ0) is 16.0. The molecule has 3 nitrogen and oxygen atoms in total. The van der Waals surface area contributed by atoms with E-state index in [1.807, 2.05) is 43.3 Å². The third-order valence-corrected chi connectivity index (χ3v) is 7.64. The van der Waals surface area contributed by atoms with E-state index >= 15 is 0 Å². The molecular formula is C18H22N2OSi. The number of rotatable bonds is 4. The molecule has 0 saturated carbocycles. The van der Waals surface area contributed by atoms with Crippen molar-refractivity contribution in [2.24, 2.45) is 0 Å². The molecule has 0 amide bonds. The predicted molar refractivity (Wildman–Crippen MR) is 92.8 cm³/mol. The molecule has 1 aromatic heterocycles. The monoisotopic (exact) mass is 310 g/mol. The minimum Gasteiger partial charge on any atom is -0.408 e. The summed E-state index contributed by atoms with van der Waals surface area (Å²) in [7, 11) is -0.161. The molecule has 0 aliphatic carbocycles. The fourth-order valence-corrected chi connectivity index (χ4v) is 4.18. The van der Waals surface area contributed by atoms with Crippen LogP contribution < -0.4 is 0 Å². The van der Waals surface area contributed by atoms with Gasteiger partial charge in [-0.1, -0.05) is 49.7 Å². The van der Waals surface area contributed by atoms with Crippen LogP contribution in [-0.2, 0) is 4.43 Å². The van der Waals surface area contributed by atoms with Crippen LogP contribution >= 0.6 is 0 Å².